The molecule has 0 bridgehead atoms. The van der Waals surface area contributed by atoms with Gasteiger partial charge in [-0.25, -0.2) is 0 Å². The lowest BCUT2D eigenvalue weighted by atomic mass is 10.0. The van der Waals surface area contributed by atoms with Crippen LogP contribution in [0.1, 0.15) is 39.2 Å². The summed E-state index contributed by atoms with van der Waals surface area (Å²) < 4.78 is 11.2. The molecule has 0 spiro atoms. The summed E-state index contributed by atoms with van der Waals surface area (Å²) in [4.78, 5) is 0. The van der Waals surface area contributed by atoms with Crippen LogP contribution in [0.5, 0.6) is 5.75 Å². The van der Waals surface area contributed by atoms with E-state index in [9.17, 15) is 0 Å². The molecule has 0 heterocycles. The second kappa shape index (κ2) is 8.18. The van der Waals surface area contributed by atoms with Gasteiger partial charge >= 0.3 is 0 Å². The molecule has 108 valence electrons. The minimum absolute atomic E-state index is 0.0369. The van der Waals surface area contributed by atoms with Crippen molar-refractivity contribution >= 4 is 0 Å². The molecule has 3 heteroatoms. The molecular weight excluding hydrogens is 238 g/mol. The van der Waals surface area contributed by atoms with Gasteiger partial charge in [-0.15, -0.1) is 0 Å². The highest BCUT2D eigenvalue weighted by atomic mass is 16.5. The van der Waals surface area contributed by atoms with Crippen LogP contribution in [0.25, 0.3) is 0 Å². The zero-order valence-electron chi connectivity index (χ0n) is 12.8. The quantitative estimate of drug-likeness (QED) is 0.783. The van der Waals surface area contributed by atoms with Gasteiger partial charge < -0.3 is 14.8 Å². The summed E-state index contributed by atoms with van der Waals surface area (Å²) in [5, 5.41) is 3.38. The average molecular weight is 265 g/mol. The molecule has 0 aliphatic rings. The summed E-state index contributed by atoms with van der Waals surface area (Å²) in [7, 11) is 1.70. The predicted molar refractivity (Wildman–Crippen MR) is 80.0 cm³/mol. The number of hydrogen-bond acceptors (Lipinski definition) is 3. The minimum Gasteiger partial charge on any atom is -0.487 e. The zero-order chi connectivity index (χ0) is 14.3. The Kier molecular flexibility index (Phi) is 6.89. The normalized spacial score (nSPS) is 13.0. The van der Waals surface area contributed by atoms with Crippen LogP contribution >= 0.6 is 0 Å². The molecule has 1 atom stereocenters. The molecule has 0 amide bonds. The van der Waals surface area contributed by atoms with Crippen LogP contribution in [0.4, 0.5) is 0 Å². The van der Waals surface area contributed by atoms with E-state index in [2.05, 4.69) is 45.1 Å². The first-order valence-electron chi connectivity index (χ1n) is 7.01. The van der Waals surface area contributed by atoms with Crippen LogP contribution in [0.3, 0.4) is 0 Å². The fourth-order valence-corrected chi connectivity index (χ4v) is 1.83. The molecule has 0 radical (unpaired) electrons. The Morgan fingerprint density at radius 3 is 2.47 bits per heavy atom. The van der Waals surface area contributed by atoms with E-state index in [1.54, 1.807) is 7.11 Å². The van der Waals surface area contributed by atoms with Crippen LogP contribution in [-0.4, -0.2) is 32.4 Å². The van der Waals surface area contributed by atoms with E-state index in [0.29, 0.717) is 18.6 Å². The minimum atomic E-state index is 0.0369. The molecule has 0 fully saturated rings. The van der Waals surface area contributed by atoms with Gasteiger partial charge in [-0.1, -0.05) is 39.8 Å². The lowest BCUT2D eigenvalue weighted by Crippen LogP contribution is -2.38. The molecular formula is C16H27NO2. The van der Waals surface area contributed by atoms with Crippen molar-refractivity contribution in [2.45, 2.75) is 45.8 Å². The molecule has 19 heavy (non-hydrogen) atoms. The van der Waals surface area contributed by atoms with Gasteiger partial charge in [0, 0.05) is 19.7 Å². The molecule has 1 rings (SSSR count). The maximum atomic E-state index is 6.01. The lowest BCUT2D eigenvalue weighted by molar-refractivity contribution is 0.0793. The third kappa shape index (κ3) is 6.08. The van der Waals surface area contributed by atoms with Gasteiger partial charge in [0.05, 0.1) is 6.61 Å². The summed E-state index contributed by atoms with van der Waals surface area (Å²) in [5.74, 6) is 1.43. The molecule has 0 saturated heterocycles. The van der Waals surface area contributed by atoms with Crippen molar-refractivity contribution in [1.29, 1.82) is 0 Å². The monoisotopic (exact) mass is 265 g/mol. The molecule has 1 aromatic carbocycles. The first-order chi connectivity index (χ1) is 9.02. The SMILES string of the molecule is COCC(CNC(C)C)Oc1cccc(C(C)C)c1. The van der Waals surface area contributed by atoms with Crippen molar-refractivity contribution in [3.05, 3.63) is 29.8 Å². The third-order valence-corrected chi connectivity index (χ3v) is 2.93. The van der Waals surface area contributed by atoms with Crippen LogP contribution in [-0.2, 0) is 4.74 Å². The molecule has 1 unspecified atom stereocenters. The molecule has 0 aliphatic carbocycles. The summed E-state index contributed by atoms with van der Waals surface area (Å²) >= 11 is 0. The molecule has 3 nitrogen and oxygen atoms in total. The standard InChI is InChI=1S/C16H27NO2/c1-12(2)14-7-6-8-15(9-14)19-16(11-18-5)10-17-13(3)4/h6-9,12-13,16-17H,10-11H2,1-5H3. The first kappa shape index (κ1) is 16.0. The second-order valence-corrected chi connectivity index (χ2v) is 5.49. The van der Waals surface area contributed by atoms with Crippen molar-refractivity contribution in [3.63, 3.8) is 0 Å². The van der Waals surface area contributed by atoms with Crippen LogP contribution in [0.2, 0.25) is 0 Å². The number of nitrogens with one attached hydrogen (secondary N) is 1. The van der Waals surface area contributed by atoms with Crippen LogP contribution < -0.4 is 10.1 Å². The molecule has 1 aromatic rings. The molecule has 0 aromatic heterocycles. The number of methoxy groups -OCH3 is 1. The van der Waals surface area contributed by atoms with Gasteiger partial charge in [0.2, 0.25) is 0 Å². The van der Waals surface area contributed by atoms with E-state index >= 15 is 0 Å². The number of rotatable bonds is 8. The van der Waals surface area contributed by atoms with Crippen molar-refractivity contribution < 1.29 is 9.47 Å². The van der Waals surface area contributed by atoms with Gasteiger partial charge in [0.25, 0.3) is 0 Å². The Labute approximate surface area is 117 Å². The first-order valence-corrected chi connectivity index (χ1v) is 7.01. The Morgan fingerprint density at radius 1 is 1.16 bits per heavy atom. The highest BCUT2D eigenvalue weighted by Gasteiger charge is 2.11. The predicted octanol–water partition coefficient (Wildman–Crippen LogP) is 3.20. The van der Waals surface area contributed by atoms with E-state index < -0.39 is 0 Å². The molecule has 1 N–H and O–H groups in total. The topological polar surface area (TPSA) is 30.5 Å². The highest BCUT2D eigenvalue weighted by molar-refractivity contribution is 5.30. The largest absolute Gasteiger partial charge is 0.487 e. The second-order valence-electron chi connectivity index (χ2n) is 5.49. The smallest absolute Gasteiger partial charge is 0.134 e. The van der Waals surface area contributed by atoms with Gasteiger partial charge in [-0.2, -0.15) is 0 Å². The fourth-order valence-electron chi connectivity index (χ4n) is 1.83. The Hall–Kier alpha value is -1.06. The van der Waals surface area contributed by atoms with E-state index in [1.807, 2.05) is 12.1 Å². The lowest BCUT2D eigenvalue weighted by Gasteiger charge is -2.21. The van der Waals surface area contributed by atoms with Crippen molar-refractivity contribution in [3.8, 4) is 5.75 Å². The maximum Gasteiger partial charge on any atom is 0.134 e. The van der Waals surface area contributed by atoms with Crippen molar-refractivity contribution in [2.75, 3.05) is 20.3 Å². The van der Waals surface area contributed by atoms with E-state index in [1.165, 1.54) is 5.56 Å². The van der Waals surface area contributed by atoms with E-state index in [-0.39, 0.29) is 6.10 Å². The Morgan fingerprint density at radius 2 is 1.89 bits per heavy atom. The van der Waals surface area contributed by atoms with Gasteiger partial charge in [-0.3, -0.25) is 0 Å². The van der Waals surface area contributed by atoms with Gasteiger partial charge in [0.1, 0.15) is 11.9 Å². The van der Waals surface area contributed by atoms with Crippen LogP contribution in [0.15, 0.2) is 24.3 Å². The van der Waals surface area contributed by atoms with E-state index in [0.717, 1.165) is 12.3 Å². The van der Waals surface area contributed by atoms with E-state index in [4.69, 9.17) is 9.47 Å². The van der Waals surface area contributed by atoms with Crippen LogP contribution in [0, 0.1) is 0 Å². The van der Waals surface area contributed by atoms with Crippen molar-refractivity contribution in [2.24, 2.45) is 0 Å². The molecule has 0 aliphatic heterocycles. The summed E-state index contributed by atoms with van der Waals surface area (Å²) in [5.41, 5.74) is 1.30. The summed E-state index contributed by atoms with van der Waals surface area (Å²) in [6.07, 6.45) is 0.0369. The highest BCUT2D eigenvalue weighted by Crippen LogP contribution is 2.21. The maximum absolute atomic E-state index is 6.01. The number of ether oxygens (including phenoxy) is 2. The average Bonchev–Trinajstić information content (AvgIpc) is 2.36. The Balaban J connectivity index is 2.64. The van der Waals surface area contributed by atoms with Gasteiger partial charge in [-0.05, 0) is 23.6 Å². The van der Waals surface area contributed by atoms with Gasteiger partial charge in [0.15, 0.2) is 0 Å². The summed E-state index contributed by atoms with van der Waals surface area (Å²) in [6.45, 7) is 10.0. The number of benzene rings is 1. The molecule has 0 saturated carbocycles. The Bertz CT molecular complexity index is 364. The number of hydrogen-bond donors (Lipinski definition) is 1. The zero-order valence-corrected chi connectivity index (χ0v) is 12.8. The fraction of sp³-hybridized carbons (Fsp3) is 0.625. The summed E-state index contributed by atoms with van der Waals surface area (Å²) in [6, 6.07) is 8.75. The third-order valence-electron chi connectivity index (χ3n) is 2.93. The van der Waals surface area contributed by atoms with Crippen molar-refractivity contribution in [1.82, 2.24) is 5.32 Å².